The molecule has 0 amide bonds. The summed E-state index contributed by atoms with van der Waals surface area (Å²) in [5.41, 5.74) is -0.289. The Hall–Kier alpha value is -1.80. The van der Waals surface area contributed by atoms with Gasteiger partial charge < -0.3 is 5.11 Å². The maximum absolute atomic E-state index is 11.6. The van der Waals surface area contributed by atoms with Crippen molar-refractivity contribution in [1.29, 1.82) is 0 Å². The van der Waals surface area contributed by atoms with Crippen LogP contribution in [0.5, 0.6) is 0 Å². The summed E-state index contributed by atoms with van der Waals surface area (Å²) in [4.78, 5) is 26.7. The van der Waals surface area contributed by atoms with Crippen molar-refractivity contribution in [1.82, 2.24) is 19.7 Å². The molecule has 20 heavy (non-hydrogen) atoms. The van der Waals surface area contributed by atoms with Crippen LogP contribution in [0.2, 0.25) is 5.02 Å². The molecule has 3 rings (SSSR count). The molecule has 1 fully saturated rings. The van der Waals surface area contributed by atoms with Gasteiger partial charge in [-0.05, 0) is 30.7 Å². The quantitative estimate of drug-likeness (QED) is 0.892. The molecule has 0 atom stereocenters. The van der Waals surface area contributed by atoms with Crippen LogP contribution >= 0.6 is 23.4 Å². The van der Waals surface area contributed by atoms with Crippen LogP contribution < -0.4 is 5.69 Å². The maximum Gasteiger partial charge on any atom is 0.344 e. The molecular weight excluding hydrogens is 304 g/mol. The molecule has 0 aliphatic heterocycles. The predicted octanol–water partition coefficient (Wildman–Crippen LogP) is 1.80. The van der Waals surface area contributed by atoms with Gasteiger partial charge in [0.15, 0.2) is 5.16 Å². The van der Waals surface area contributed by atoms with Gasteiger partial charge in [-0.25, -0.2) is 19.7 Å². The first-order chi connectivity index (χ1) is 9.56. The summed E-state index contributed by atoms with van der Waals surface area (Å²) in [7, 11) is 0. The summed E-state index contributed by atoms with van der Waals surface area (Å²) in [6.45, 7) is 0. The van der Waals surface area contributed by atoms with Gasteiger partial charge in [-0.15, -0.1) is 5.10 Å². The highest BCUT2D eigenvalue weighted by Crippen LogP contribution is 2.37. The zero-order valence-corrected chi connectivity index (χ0v) is 11.6. The Labute approximate surface area is 122 Å². The molecule has 104 valence electrons. The fourth-order valence-electron chi connectivity index (χ4n) is 1.75. The Bertz CT molecular complexity index is 738. The van der Waals surface area contributed by atoms with E-state index in [-0.39, 0.29) is 22.3 Å². The Morgan fingerprint density at radius 2 is 2.30 bits per heavy atom. The number of H-pyrrole nitrogens is 1. The summed E-state index contributed by atoms with van der Waals surface area (Å²) in [5.74, 6) is -1.12. The Morgan fingerprint density at radius 1 is 1.55 bits per heavy atom. The van der Waals surface area contributed by atoms with Gasteiger partial charge in [-0.1, -0.05) is 11.6 Å². The smallest absolute Gasteiger partial charge is 0.344 e. The standard InChI is InChI=1S/C11H9ClN4O3S/c12-7-4-13-8(3-6(7)9(17)18)20-11-15-14-10(19)16(11)5-1-2-5/h3-5H,1-2H2,(H,14,19)(H,17,18). The molecule has 0 radical (unpaired) electrons. The van der Waals surface area contributed by atoms with Crippen molar-refractivity contribution in [3.8, 4) is 0 Å². The van der Waals surface area contributed by atoms with E-state index in [2.05, 4.69) is 15.2 Å². The second-order valence-electron chi connectivity index (χ2n) is 4.32. The summed E-state index contributed by atoms with van der Waals surface area (Å²) in [6.07, 6.45) is 3.17. The lowest BCUT2D eigenvalue weighted by Gasteiger charge is -2.04. The second kappa shape index (κ2) is 4.95. The number of hydrogen-bond acceptors (Lipinski definition) is 5. The molecule has 1 aliphatic carbocycles. The summed E-state index contributed by atoms with van der Waals surface area (Å²) >= 11 is 6.89. The highest BCUT2D eigenvalue weighted by molar-refractivity contribution is 7.99. The number of aromatic carboxylic acids is 1. The van der Waals surface area contributed by atoms with Crippen LogP contribution in [-0.2, 0) is 0 Å². The van der Waals surface area contributed by atoms with Crippen LogP contribution in [0.15, 0.2) is 27.2 Å². The minimum atomic E-state index is -1.12. The highest BCUT2D eigenvalue weighted by atomic mass is 35.5. The Kier molecular flexibility index (Phi) is 3.27. The fourth-order valence-corrected chi connectivity index (χ4v) is 2.82. The Morgan fingerprint density at radius 3 is 2.95 bits per heavy atom. The van der Waals surface area contributed by atoms with E-state index in [1.165, 1.54) is 12.3 Å². The van der Waals surface area contributed by atoms with Crippen LogP contribution in [0.3, 0.4) is 0 Å². The molecule has 2 aromatic heterocycles. The molecule has 0 unspecified atom stereocenters. The molecule has 2 aromatic rings. The number of aromatic amines is 1. The number of nitrogens with zero attached hydrogens (tertiary/aromatic N) is 3. The third-order valence-electron chi connectivity index (χ3n) is 2.84. The molecule has 2 heterocycles. The van der Waals surface area contributed by atoms with Crippen LogP contribution in [0.1, 0.15) is 29.2 Å². The molecule has 0 spiro atoms. The van der Waals surface area contributed by atoms with Crippen LogP contribution in [0.25, 0.3) is 0 Å². The van der Waals surface area contributed by atoms with Gasteiger partial charge in [-0.2, -0.15) is 0 Å². The first kappa shape index (κ1) is 13.2. The largest absolute Gasteiger partial charge is 0.478 e. The van der Waals surface area contributed by atoms with Crippen molar-refractivity contribution in [2.24, 2.45) is 0 Å². The third kappa shape index (κ3) is 2.44. The topological polar surface area (TPSA) is 101 Å². The van der Waals surface area contributed by atoms with E-state index in [4.69, 9.17) is 16.7 Å². The molecule has 9 heteroatoms. The normalized spacial score (nSPS) is 14.4. The van der Waals surface area contributed by atoms with Crippen molar-refractivity contribution in [3.63, 3.8) is 0 Å². The highest BCUT2D eigenvalue weighted by Gasteiger charge is 2.29. The van der Waals surface area contributed by atoms with E-state index >= 15 is 0 Å². The summed E-state index contributed by atoms with van der Waals surface area (Å²) in [5, 5.41) is 16.3. The maximum atomic E-state index is 11.6. The van der Waals surface area contributed by atoms with Crippen molar-refractivity contribution in [2.75, 3.05) is 0 Å². The lowest BCUT2D eigenvalue weighted by atomic mass is 10.3. The first-order valence-corrected chi connectivity index (χ1v) is 6.99. The summed E-state index contributed by atoms with van der Waals surface area (Å²) in [6, 6.07) is 1.54. The number of pyridine rings is 1. The van der Waals surface area contributed by atoms with Gasteiger partial charge in [0.1, 0.15) is 5.03 Å². The average molecular weight is 313 g/mol. The van der Waals surface area contributed by atoms with E-state index in [0.29, 0.717) is 10.2 Å². The molecule has 7 nitrogen and oxygen atoms in total. The number of carboxylic acids is 1. The molecule has 1 aliphatic rings. The number of hydrogen-bond donors (Lipinski definition) is 2. The molecule has 0 saturated heterocycles. The van der Waals surface area contributed by atoms with Crippen LogP contribution in [0, 0.1) is 0 Å². The molecule has 0 bridgehead atoms. The second-order valence-corrected chi connectivity index (χ2v) is 5.72. The van der Waals surface area contributed by atoms with Crippen molar-refractivity contribution in [2.45, 2.75) is 29.1 Å². The minimum Gasteiger partial charge on any atom is -0.478 e. The molecular formula is C11H9ClN4O3S. The first-order valence-electron chi connectivity index (χ1n) is 5.80. The SMILES string of the molecule is O=C(O)c1cc(Sc2n[nH]c(=O)n2C2CC2)ncc1Cl. The lowest BCUT2D eigenvalue weighted by Crippen LogP contribution is -2.16. The number of carboxylic acid groups (broad SMARTS) is 1. The van der Waals surface area contributed by atoms with E-state index in [0.717, 1.165) is 24.6 Å². The fraction of sp³-hybridized carbons (Fsp3) is 0.273. The van der Waals surface area contributed by atoms with Gasteiger partial charge in [0.2, 0.25) is 0 Å². The number of nitrogens with one attached hydrogen (secondary N) is 1. The van der Waals surface area contributed by atoms with Gasteiger partial charge in [0.25, 0.3) is 0 Å². The average Bonchev–Trinajstić information content (AvgIpc) is 3.17. The van der Waals surface area contributed by atoms with Crippen molar-refractivity contribution in [3.05, 3.63) is 33.3 Å². The van der Waals surface area contributed by atoms with Crippen molar-refractivity contribution >= 4 is 29.3 Å². The van der Waals surface area contributed by atoms with E-state index in [1.807, 2.05) is 0 Å². The van der Waals surface area contributed by atoms with Gasteiger partial charge in [0.05, 0.1) is 10.6 Å². The Balaban J connectivity index is 1.94. The predicted molar refractivity (Wildman–Crippen MR) is 71.4 cm³/mol. The summed E-state index contributed by atoms with van der Waals surface area (Å²) < 4.78 is 1.57. The molecule has 0 aromatic carbocycles. The monoisotopic (exact) mass is 312 g/mol. The van der Waals surface area contributed by atoms with E-state index in [1.54, 1.807) is 4.57 Å². The van der Waals surface area contributed by atoms with Gasteiger partial charge in [0, 0.05) is 12.2 Å². The van der Waals surface area contributed by atoms with E-state index in [9.17, 15) is 9.59 Å². The number of rotatable bonds is 4. The third-order valence-corrected chi connectivity index (χ3v) is 4.04. The lowest BCUT2D eigenvalue weighted by molar-refractivity contribution is 0.0696. The molecule has 1 saturated carbocycles. The zero-order valence-electron chi connectivity index (χ0n) is 10.0. The zero-order chi connectivity index (χ0) is 14.3. The van der Waals surface area contributed by atoms with E-state index < -0.39 is 5.97 Å². The van der Waals surface area contributed by atoms with Crippen LogP contribution in [0.4, 0.5) is 0 Å². The van der Waals surface area contributed by atoms with Crippen molar-refractivity contribution < 1.29 is 9.90 Å². The number of carbonyl (C=O) groups is 1. The number of halogens is 1. The van der Waals surface area contributed by atoms with Gasteiger partial charge in [-0.3, -0.25) is 4.57 Å². The molecule has 2 N–H and O–H groups in total. The van der Waals surface area contributed by atoms with Gasteiger partial charge >= 0.3 is 11.7 Å². The number of aromatic nitrogens is 4. The minimum absolute atomic E-state index is 0.0278. The van der Waals surface area contributed by atoms with Crippen LogP contribution in [-0.4, -0.2) is 30.8 Å².